The zero-order chi connectivity index (χ0) is 20.6. The van der Waals surface area contributed by atoms with Crippen molar-refractivity contribution < 1.29 is 22.7 Å². The fourth-order valence-electron chi connectivity index (χ4n) is 2.41. The van der Waals surface area contributed by atoms with Crippen molar-refractivity contribution in [1.29, 1.82) is 0 Å². The SMILES string of the molecule is CCNC(=NCC(=O)NC1CC1)NCC(CC)Oc1cccc(C(F)(F)F)c1.I. The van der Waals surface area contributed by atoms with Crippen molar-refractivity contribution in [3.63, 3.8) is 0 Å². The first kappa shape index (κ1) is 25.3. The molecule has 1 aliphatic rings. The summed E-state index contributed by atoms with van der Waals surface area (Å²) < 4.78 is 44.2. The Morgan fingerprint density at radius 3 is 2.59 bits per heavy atom. The number of halogens is 4. The largest absolute Gasteiger partial charge is 0.489 e. The Morgan fingerprint density at radius 1 is 1.28 bits per heavy atom. The minimum atomic E-state index is -4.41. The van der Waals surface area contributed by atoms with Gasteiger partial charge in [-0.1, -0.05) is 13.0 Å². The molecule has 1 aromatic carbocycles. The number of carbonyl (C=O) groups excluding carboxylic acids is 1. The maximum Gasteiger partial charge on any atom is 0.416 e. The molecule has 0 radical (unpaired) electrons. The zero-order valence-electron chi connectivity index (χ0n) is 16.5. The molecule has 3 N–H and O–H groups in total. The van der Waals surface area contributed by atoms with Crippen molar-refractivity contribution in [1.82, 2.24) is 16.0 Å². The number of rotatable bonds is 9. The molecule has 10 heteroatoms. The van der Waals surface area contributed by atoms with Crippen molar-refractivity contribution in [2.24, 2.45) is 4.99 Å². The Balaban J connectivity index is 0.00000420. The molecule has 0 saturated heterocycles. The number of benzene rings is 1. The molecule has 0 bridgehead atoms. The molecule has 6 nitrogen and oxygen atoms in total. The molecule has 0 spiro atoms. The second-order valence-electron chi connectivity index (χ2n) is 6.59. The third-order valence-electron chi connectivity index (χ3n) is 4.08. The smallest absolute Gasteiger partial charge is 0.416 e. The first-order valence-electron chi connectivity index (χ1n) is 9.47. The predicted octanol–water partition coefficient (Wildman–Crippen LogP) is 3.31. The van der Waals surface area contributed by atoms with Crippen molar-refractivity contribution >= 4 is 35.8 Å². The molecule has 0 aliphatic heterocycles. The number of amides is 1. The number of ether oxygens (including phenoxy) is 1. The number of nitrogens with zero attached hydrogens (tertiary/aromatic N) is 1. The minimum absolute atomic E-state index is 0. The van der Waals surface area contributed by atoms with Crippen molar-refractivity contribution in [2.45, 2.75) is 51.4 Å². The fraction of sp³-hybridized carbons (Fsp3) is 0.579. The lowest BCUT2D eigenvalue weighted by molar-refractivity contribution is -0.137. The van der Waals surface area contributed by atoms with Gasteiger partial charge in [-0.25, -0.2) is 4.99 Å². The van der Waals surface area contributed by atoms with Gasteiger partial charge < -0.3 is 20.7 Å². The monoisotopic (exact) mass is 528 g/mol. The van der Waals surface area contributed by atoms with Crippen LogP contribution in [-0.2, 0) is 11.0 Å². The summed E-state index contributed by atoms with van der Waals surface area (Å²) >= 11 is 0. The van der Waals surface area contributed by atoms with Crippen molar-refractivity contribution in [2.75, 3.05) is 19.6 Å². The van der Waals surface area contributed by atoms with Crippen LogP contribution >= 0.6 is 24.0 Å². The average molecular weight is 528 g/mol. The number of aliphatic imine (C=N–C) groups is 1. The summed E-state index contributed by atoms with van der Waals surface area (Å²) in [6.07, 6.45) is -2.15. The second kappa shape index (κ2) is 12.1. The van der Waals surface area contributed by atoms with Crippen LogP contribution in [0.5, 0.6) is 5.75 Å². The molecule has 1 amide bonds. The third-order valence-corrected chi connectivity index (χ3v) is 4.08. The lowest BCUT2D eigenvalue weighted by atomic mass is 10.2. The maximum absolute atomic E-state index is 12.8. The van der Waals surface area contributed by atoms with Crippen LogP contribution in [0.1, 0.15) is 38.7 Å². The van der Waals surface area contributed by atoms with Crippen molar-refractivity contribution in [3.05, 3.63) is 29.8 Å². The zero-order valence-corrected chi connectivity index (χ0v) is 18.8. The van der Waals surface area contributed by atoms with E-state index in [9.17, 15) is 18.0 Å². The summed E-state index contributed by atoms with van der Waals surface area (Å²) in [6, 6.07) is 5.10. The van der Waals surface area contributed by atoms with Gasteiger partial charge in [-0.15, -0.1) is 24.0 Å². The molecule has 0 aromatic heterocycles. The number of hydrogen-bond acceptors (Lipinski definition) is 3. The van der Waals surface area contributed by atoms with E-state index in [-0.39, 0.29) is 54.3 Å². The summed E-state index contributed by atoms with van der Waals surface area (Å²) in [5, 5.41) is 8.97. The fourth-order valence-corrected chi connectivity index (χ4v) is 2.41. The summed E-state index contributed by atoms with van der Waals surface area (Å²) in [7, 11) is 0. The van der Waals surface area contributed by atoms with Crippen LogP contribution in [0.3, 0.4) is 0 Å². The number of nitrogens with one attached hydrogen (secondary N) is 3. The maximum atomic E-state index is 12.8. The highest BCUT2D eigenvalue weighted by atomic mass is 127. The highest BCUT2D eigenvalue weighted by molar-refractivity contribution is 14.0. The molecule has 2 rings (SSSR count). The quantitative estimate of drug-likeness (QED) is 0.261. The molecule has 1 saturated carbocycles. The molecule has 1 fully saturated rings. The van der Waals surface area contributed by atoms with E-state index in [4.69, 9.17) is 4.74 Å². The number of carbonyl (C=O) groups is 1. The van der Waals surface area contributed by atoms with Crippen LogP contribution in [0, 0.1) is 0 Å². The van der Waals surface area contributed by atoms with Gasteiger partial charge in [0.15, 0.2) is 5.96 Å². The van der Waals surface area contributed by atoms with Crippen LogP contribution in [0.15, 0.2) is 29.3 Å². The van der Waals surface area contributed by atoms with E-state index in [2.05, 4.69) is 20.9 Å². The van der Waals surface area contributed by atoms with Crippen molar-refractivity contribution in [3.8, 4) is 5.75 Å². The highest BCUT2D eigenvalue weighted by Crippen LogP contribution is 2.31. The van der Waals surface area contributed by atoms with Crippen LogP contribution in [0.4, 0.5) is 13.2 Å². The van der Waals surface area contributed by atoms with E-state index in [0.717, 1.165) is 25.0 Å². The minimum Gasteiger partial charge on any atom is -0.489 e. The van der Waals surface area contributed by atoms with Gasteiger partial charge in [0.2, 0.25) is 5.91 Å². The van der Waals surface area contributed by atoms with Crippen LogP contribution < -0.4 is 20.7 Å². The predicted molar refractivity (Wildman–Crippen MR) is 117 cm³/mol. The Labute approximate surface area is 186 Å². The molecule has 1 aliphatic carbocycles. The highest BCUT2D eigenvalue weighted by Gasteiger charge is 2.30. The molecule has 1 unspecified atom stereocenters. The van der Waals surface area contributed by atoms with E-state index in [1.54, 1.807) is 0 Å². The lowest BCUT2D eigenvalue weighted by Gasteiger charge is -2.20. The Bertz CT molecular complexity index is 682. The Morgan fingerprint density at radius 2 is 2.00 bits per heavy atom. The second-order valence-corrected chi connectivity index (χ2v) is 6.59. The van der Waals surface area contributed by atoms with Crippen LogP contribution in [0.25, 0.3) is 0 Å². The van der Waals surface area contributed by atoms with E-state index >= 15 is 0 Å². The molecule has 29 heavy (non-hydrogen) atoms. The molecular formula is C19H28F3IN4O2. The molecule has 0 heterocycles. The standard InChI is InChI=1S/C19H27F3N4O2.HI/c1-3-15(28-16-7-5-6-13(10-16)19(20,21)22)11-24-18(23-4-2)25-12-17(27)26-14-8-9-14;/h5-7,10,14-15H,3-4,8-9,11-12H2,1-2H3,(H,26,27)(H2,23,24,25);1H. The topological polar surface area (TPSA) is 74.8 Å². The molecule has 1 atom stereocenters. The van der Waals surface area contributed by atoms with Gasteiger partial charge >= 0.3 is 6.18 Å². The van der Waals surface area contributed by atoms with E-state index in [1.807, 2.05) is 13.8 Å². The summed E-state index contributed by atoms with van der Waals surface area (Å²) in [5.41, 5.74) is -0.746. The van der Waals surface area contributed by atoms with Crippen LogP contribution in [-0.4, -0.2) is 43.6 Å². The Kier molecular flexibility index (Phi) is 10.5. The van der Waals surface area contributed by atoms with E-state index < -0.39 is 11.7 Å². The van der Waals surface area contributed by atoms with Gasteiger partial charge in [0, 0.05) is 12.6 Å². The van der Waals surface area contributed by atoms with Crippen LogP contribution in [0.2, 0.25) is 0 Å². The summed E-state index contributed by atoms with van der Waals surface area (Å²) in [4.78, 5) is 16.0. The van der Waals surface area contributed by atoms with Gasteiger partial charge in [0.1, 0.15) is 18.4 Å². The number of hydrogen-bond donors (Lipinski definition) is 3. The number of guanidine groups is 1. The third kappa shape index (κ3) is 9.55. The lowest BCUT2D eigenvalue weighted by Crippen LogP contribution is -2.43. The van der Waals surface area contributed by atoms with Gasteiger partial charge in [-0.2, -0.15) is 13.2 Å². The molecular weight excluding hydrogens is 500 g/mol. The van der Waals surface area contributed by atoms with Gasteiger partial charge in [-0.05, 0) is 44.4 Å². The van der Waals surface area contributed by atoms with Gasteiger partial charge in [0.05, 0.1) is 12.1 Å². The van der Waals surface area contributed by atoms with Gasteiger partial charge in [-0.3, -0.25) is 4.79 Å². The number of alkyl halides is 3. The summed E-state index contributed by atoms with van der Waals surface area (Å²) in [6.45, 7) is 4.74. The molecule has 1 aromatic rings. The Hall–Kier alpha value is -1.72. The average Bonchev–Trinajstić information content (AvgIpc) is 3.46. The normalized spacial score (nSPS) is 15.1. The van der Waals surface area contributed by atoms with Gasteiger partial charge in [0.25, 0.3) is 0 Å². The first-order chi connectivity index (χ1) is 13.3. The van der Waals surface area contributed by atoms with E-state index in [0.29, 0.717) is 25.5 Å². The molecule has 164 valence electrons. The summed E-state index contributed by atoms with van der Waals surface area (Å²) in [5.74, 6) is 0.487. The van der Waals surface area contributed by atoms with E-state index in [1.165, 1.54) is 12.1 Å². The first-order valence-corrected chi connectivity index (χ1v) is 9.47.